The van der Waals surface area contributed by atoms with Crippen LogP contribution in [0.25, 0.3) is 6.08 Å². The first-order chi connectivity index (χ1) is 14.2. The highest BCUT2D eigenvalue weighted by molar-refractivity contribution is 8.13. The molecule has 0 saturated heterocycles. The van der Waals surface area contributed by atoms with Crippen LogP contribution in [0.4, 0.5) is 0 Å². The van der Waals surface area contributed by atoms with Gasteiger partial charge < -0.3 is 14.8 Å². The van der Waals surface area contributed by atoms with E-state index in [0.717, 1.165) is 35.9 Å². The lowest BCUT2D eigenvalue weighted by Gasteiger charge is -2.32. The second kappa shape index (κ2) is 8.78. The number of hydrogen-bond acceptors (Lipinski definition) is 5. The first-order valence-electron chi connectivity index (χ1n) is 9.82. The third kappa shape index (κ3) is 4.20. The van der Waals surface area contributed by atoms with Gasteiger partial charge in [0.05, 0.1) is 14.2 Å². The van der Waals surface area contributed by atoms with Gasteiger partial charge in [0, 0.05) is 5.70 Å². The van der Waals surface area contributed by atoms with Gasteiger partial charge in [-0.15, -0.1) is 0 Å². The van der Waals surface area contributed by atoms with Gasteiger partial charge in [-0.25, -0.2) is 4.99 Å². The fourth-order valence-electron chi connectivity index (χ4n) is 3.91. The Kier molecular flexibility index (Phi) is 5.95. The van der Waals surface area contributed by atoms with Crippen molar-refractivity contribution in [1.82, 2.24) is 5.32 Å². The molecule has 1 N–H and O–H groups in total. The van der Waals surface area contributed by atoms with Gasteiger partial charge in [-0.05, 0) is 78.1 Å². The van der Waals surface area contributed by atoms with E-state index in [1.54, 1.807) is 26.0 Å². The fourth-order valence-corrected chi connectivity index (χ4v) is 4.32. The zero-order valence-electron chi connectivity index (χ0n) is 17.1. The van der Waals surface area contributed by atoms with E-state index in [2.05, 4.69) is 41.9 Å². The van der Waals surface area contributed by atoms with Crippen molar-refractivity contribution in [2.45, 2.75) is 25.3 Å². The monoisotopic (exact) mass is 406 g/mol. The summed E-state index contributed by atoms with van der Waals surface area (Å²) < 4.78 is 10.6. The second-order valence-corrected chi connectivity index (χ2v) is 7.93. The summed E-state index contributed by atoms with van der Waals surface area (Å²) in [6.45, 7) is 0. The lowest BCUT2D eigenvalue weighted by atomic mass is 9.84. The van der Waals surface area contributed by atoms with Gasteiger partial charge >= 0.3 is 0 Å². The average Bonchev–Trinajstić information content (AvgIpc) is 2.79. The molecule has 1 aliphatic carbocycles. The molecule has 1 unspecified atom stereocenters. The van der Waals surface area contributed by atoms with Crippen LogP contribution < -0.4 is 14.8 Å². The van der Waals surface area contributed by atoms with E-state index < -0.39 is 0 Å². The molecule has 2 aromatic rings. The van der Waals surface area contributed by atoms with Crippen molar-refractivity contribution in [1.29, 1.82) is 0 Å². The standard InChI is InChI=1S/C24H26N2O2S/c1-27-19-11-7-16(8-12-19)15-18-5-4-6-21-22(25-24(29-3)26-23(18)21)17-9-13-20(28-2)14-10-17/h7-15,22H,4-6H2,1-3H3,(H,25,26)/b18-15-. The van der Waals surface area contributed by atoms with Crippen molar-refractivity contribution in [3.05, 3.63) is 76.5 Å². The highest BCUT2D eigenvalue weighted by Gasteiger charge is 2.29. The molecular formula is C24H26N2O2S. The maximum absolute atomic E-state index is 5.32. The van der Waals surface area contributed by atoms with Gasteiger partial charge in [-0.3, -0.25) is 0 Å². The molecule has 1 atom stereocenters. The maximum atomic E-state index is 5.32. The Bertz CT molecular complexity index is 959. The van der Waals surface area contributed by atoms with E-state index in [1.165, 1.54) is 28.0 Å². The van der Waals surface area contributed by atoms with E-state index in [0.29, 0.717) is 0 Å². The lowest BCUT2D eigenvalue weighted by molar-refractivity contribution is 0.414. The van der Waals surface area contributed by atoms with E-state index in [9.17, 15) is 0 Å². The smallest absolute Gasteiger partial charge is 0.161 e. The molecule has 0 amide bonds. The highest BCUT2D eigenvalue weighted by Crippen LogP contribution is 2.41. The summed E-state index contributed by atoms with van der Waals surface area (Å²) in [5, 5.41) is 4.56. The minimum atomic E-state index is 0.0548. The number of rotatable bonds is 4. The largest absolute Gasteiger partial charge is 0.497 e. The van der Waals surface area contributed by atoms with Crippen LogP contribution in [-0.2, 0) is 0 Å². The van der Waals surface area contributed by atoms with Crippen LogP contribution in [0, 0.1) is 0 Å². The number of ether oxygens (including phenoxy) is 2. The van der Waals surface area contributed by atoms with Gasteiger partial charge in [-0.2, -0.15) is 0 Å². The molecule has 0 radical (unpaired) electrons. The number of aliphatic imine (C=N–C) groups is 1. The molecule has 4 rings (SSSR count). The molecule has 0 aromatic heterocycles. The fraction of sp³-hybridized carbons (Fsp3) is 0.292. The number of hydrogen-bond donors (Lipinski definition) is 1. The van der Waals surface area contributed by atoms with Gasteiger partial charge in [0.15, 0.2) is 5.17 Å². The number of nitrogens with one attached hydrogen (secondary N) is 1. The zero-order valence-corrected chi connectivity index (χ0v) is 17.9. The summed E-state index contributed by atoms with van der Waals surface area (Å²) in [5.74, 6) is 1.75. The van der Waals surface area contributed by atoms with Crippen LogP contribution in [0.5, 0.6) is 11.5 Å². The predicted octanol–water partition coefficient (Wildman–Crippen LogP) is 5.59. The Morgan fingerprint density at radius 2 is 1.62 bits per heavy atom. The Balaban J connectivity index is 1.72. The van der Waals surface area contributed by atoms with Crippen LogP contribution in [0.1, 0.15) is 36.4 Å². The number of allylic oxidation sites excluding steroid dienone is 1. The van der Waals surface area contributed by atoms with Gasteiger partial charge in [0.1, 0.15) is 17.5 Å². The average molecular weight is 407 g/mol. The summed E-state index contributed by atoms with van der Waals surface area (Å²) in [4.78, 5) is 5.00. The van der Waals surface area contributed by atoms with Crippen molar-refractivity contribution in [2.75, 3.05) is 20.5 Å². The number of amidine groups is 1. The van der Waals surface area contributed by atoms with Crippen molar-refractivity contribution >= 4 is 23.0 Å². The number of nitrogens with zero attached hydrogens (tertiary/aromatic N) is 1. The summed E-state index contributed by atoms with van der Waals surface area (Å²) in [7, 11) is 3.39. The molecule has 1 heterocycles. The Morgan fingerprint density at radius 3 is 2.24 bits per heavy atom. The molecule has 1 aliphatic heterocycles. The van der Waals surface area contributed by atoms with E-state index in [1.807, 2.05) is 24.3 Å². The SMILES string of the molecule is COc1ccc(/C=C2/CCCC3=C2NC(SC)=NC3c2ccc(OC)cc2)cc1. The predicted molar refractivity (Wildman–Crippen MR) is 122 cm³/mol. The van der Waals surface area contributed by atoms with Crippen molar-refractivity contribution < 1.29 is 9.47 Å². The topological polar surface area (TPSA) is 42.8 Å². The molecule has 29 heavy (non-hydrogen) atoms. The molecule has 2 aromatic carbocycles. The molecule has 150 valence electrons. The molecule has 0 fully saturated rings. The Hall–Kier alpha value is -2.66. The third-order valence-electron chi connectivity index (χ3n) is 5.42. The zero-order chi connectivity index (χ0) is 20.2. The number of benzene rings is 2. The molecule has 0 spiro atoms. The lowest BCUT2D eigenvalue weighted by Crippen LogP contribution is -2.30. The first-order valence-corrected chi connectivity index (χ1v) is 11.0. The van der Waals surface area contributed by atoms with Crippen LogP contribution >= 0.6 is 11.8 Å². The molecule has 0 saturated carbocycles. The van der Waals surface area contributed by atoms with Crippen LogP contribution in [-0.4, -0.2) is 25.6 Å². The maximum Gasteiger partial charge on any atom is 0.161 e. The number of thioether (sulfide) groups is 1. The van der Waals surface area contributed by atoms with Crippen molar-refractivity contribution in [3.63, 3.8) is 0 Å². The van der Waals surface area contributed by atoms with E-state index >= 15 is 0 Å². The molecular weight excluding hydrogens is 380 g/mol. The summed E-state index contributed by atoms with van der Waals surface area (Å²) in [5.41, 5.74) is 6.35. The van der Waals surface area contributed by atoms with Crippen LogP contribution in [0.2, 0.25) is 0 Å². The minimum absolute atomic E-state index is 0.0548. The molecule has 5 heteroatoms. The van der Waals surface area contributed by atoms with Crippen molar-refractivity contribution in [3.8, 4) is 11.5 Å². The summed E-state index contributed by atoms with van der Waals surface area (Å²) in [6.07, 6.45) is 7.62. The Morgan fingerprint density at radius 1 is 0.966 bits per heavy atom. The van der Waals surface area contributed by atoms with Gasteiger partial charge in [0.25, 0.3) is 0 Å². The second-order valence-electron chi connectivity index (χ2n) is 7.14. The quantitative estimate of drug-likeness (QED) is 0.719. The van der Waals surface area contributed by atoms with E-state index in [4.69, 9.17) is 14.5 Å². The minimum Gasteiger partial charge on any atom is -0.497 e. The molecule has 4 nitrogen and oxygen atoms in total. The van der Waals surface area contributed by atoms with E-state index in [-0.39, 0.29) is 6.04 Å². The third-order valence-corrected chi connectivity index (χ3v) is 6.02. The first kappa shape index (κ1) is 19.6. The summed E-state index contributed by atoms with van der Waals surface area (Å²) >= 11 is 1.66. The Labute approximate surface area is 176 Å². The van der Waals surface area contributed by atoms with Gasteiger partial charge in [-0.1, -0.05) is 36.0 Å². The van der Waals surface area contributed by atoms with Gasteiger partial charge in [0.2, 0.25) is 0 Å². The normalized spacial score (nSPS) is 20.0. The highest BCUT2D eigenvalue weighted by atomic mass is 32.2. The van der Waals surface area contributed by atoms with Crippen molar-refractivity contribution in [2.24, 2.45) is 4.99 Å². The number of methoxy groups -OCH3 is 2. The molecule has 0 bridgehead atoms. The summed E-state index contributed by atoms with van der Waals surface area (Å²) in [6, 6.07) is 16.6. The van der Waals surface area contributed by atoms with Crippen LogP contribution in [0.15, 0.2) is 70.4 Å². The van der Waals surface area contributed by atoms with Crippen LogP contribution in [0.3, 0.4) is 0 Å². The molecule has 2 aliphatic rings.